The van der Waals surface area contributed by atoms with Crippen LogP contribution in [0, 0.1) is 12.8 Å². The van der Waals surface area contributed by atoms with Crippen molar-refractivity contribution < 1.29 is 14.3 Å². The Kier molecular flexibility index (Phi) is 9.07. The zero-order valence-corrected chi connectivity index (χ0v) is 22.9. The molecule has 0 radical (unpaired) electrons. The highest BCUT2D eigenvalue weighted by atomic mass is 79.9. The molecule has 2 aromatic carbocycles. The first-order valence-corrected chi connectivity index (χ1v) is 12.8. The standard InChI is InChI=1S/C24H28Br2ClN3O3/c1-15(2)10-23(32)30-8-6-29(7-9-30)21-5-4-18(27)13-20(21)28-22(31)14-33-24-16(3)11-17(25)12-19(24)26/h4-5,11-13,15H,6-10,14H2,1-3H3,(H,28,31). The van der Waals surface area contributed by atoms with Gasteiger partial charge in [0.25, 0.3) is 5.91 Å². The van der Waals surface area contributed by atoms with Crippen LogP contribution in [0.3, 0.4) is 0 Å². The molecule has 0 bridgehead atoms. The molecule has 178 valence electrons. The van der Waals surface area contributed by atoms with Gasteiger partial charge in [-0.3, -0.25) is 9.59 Å². The van der Waals surface area contributed by atoms with E-state index in [-0.39, 0.29) is 18.4 Å². The molecule has 0 aromatic heterocycles. The number of halogens is 3. The smallest absolute Gasteiger partial charge is 0.262 e. The molecule has 2 aromatic rings. The lowest BCUT2D eigenvalue weighted by molar-refractivity contribution is -0.132. The number of nitrogens with zero attached hydrogens (tertiary/aromatic N) is 2. The number of hydrogen-bond acceptors (Lipinski definition) is 4. The molecule has 33 heavy (non-hydrogen) atoms. The summed E-state index contributed by atoms with van der Waals surface area (Å²) in [6.07, 6.45) is 0.566. The van der Waals surface area contributed by atoms with Crippen LogP contribution in [0.5, 0.6) is 5.75 Å². The fraction of sp³-hybridized carbons (Fsp3) is 0.417. The fourth-order valence-electron chi connectivity index (χ4n) is 3.76. The SMILES string of the molecule is Cc1cc(Br)cc(Br)c1OCC(=O)Nc1cc(Cl)ccc1N1CCN(C(=O)CC(C)C)CC1. The summed E-state index contributed by atoms with van der Waals surface area (Å²) in [6.45, 7) is 8.58. The van der Waals surface area contributed by atoms with E-state index < -0.39 is 0 Å². The first-order valence-electron chi connectivity index (χ1n) is 10.8. The Morgan fingerprint density at radius 2 is 1.82 bits per heavy atom. The minimum absolute atomic E-state index is 0.134. The maximum absolute atomic E-state index is 12.7. The van der Waals surface area contributed by atoms with Crippen molar-refractivity contribution in [3.8, 4) is 5.75 Å². The number of amides is 2. The number of carbonyl (C=O) groups excluding carboxylic acids is 2. The quantitative estimate of drug-likeness (QED) is 0.430. The van der Waals surface area contributed by atoms with Gasteiger partial charge in [-0.25, -0.2) is 0 Å². The van der Waals surface area contributed by atoms with E-state index in [1.165, 1.54) is 0 Å². The Morgan fingerprint density at radius 3 is 2.45 bits per heavy atom. The molecule has 1 aliphatic rings. The maximum atomic E-state index is 12.7. The molecule has 1 heterocycles. The van der Waals surface area contributed by atoms with Crippen LogP contribution < -0.4 is 15.0 Å². The number of anilines is 2. The molecule has 6 nitrogen and oxygen atoms in total. The average Bonchev–Trinajstić information content (AvgIpc) is 2.73. The van der Waals surface area contributed by atoms with Crippen LogP contribution in [0.2, 0.25) is 5.02 Å². The third-order valence-corrected chi connectivity index (χ3v) is 6.61. The highest BCUT2D eigenvalue weighted by Crippen LogP contribution is 2.33. The summed E-state index contributed by atoms with van der Waals surface area (Å²) in [4.78, 5) is 29.1. The Morgan fingerprint density at radius 1 is 1.12 bits per heavy atom. The molecule has 1 fully saturated rings. The largest absolute Gasteiger partial charge is 0.482 e. The van der Waals surface area contributed by atoms with Gasteiger partial charge in [0.2, 0.25) is 5.91 Å². The van der Waals surface area contributed by atoms with Crippen LogP contribution in [0.4, 0.5) is 11.4 Å². The Bertz CT molecular complexity index is 1000. The molecule has 1 aliphatic heterocycles. The number of ether oxygens (including phenoxy) is 1. The predicted octanol–water partition coefficient (Wildman–Crippen LogP) is 5.89. The Labute approximate surface area is 216 Å². The summed E-state index contributed by atoms with van der Waals surface area (Å²) in [6, 6.07) is 9.26. The lowest BCUT2D eigenvalue weighted by Crippen LogP contribution is -2.49. The number of hydrogen-bond donors (Lipinski definition) is 1. The molecule has 0 spiro atoms. The zero-order valence-electron chi connectivity index (χ0n) is 19.0. The van der Waals surface area contributed by atoms with Crippen molar-refractivity contribution in [2.45, 2.75) is 27.2 Å². The van der Waals surface area contributed by atoms with Gasteiger partial charge in [0.1, 0.15) is 5.75 Å². The molecule has 0 saturated carbocycles. The van der Waals surface area contributed by atoms with Crippen molar-refractivity contribution in [1.82, 2.24) is 4.90 Å². The molecule has 9 heteroatoms. The van der Waals surface area contributed by atoms with Crippen molar-refractivity contribution in [2.24, 2.45) is 5.92 Å². The molecule has 3 rings (SSSR count). The van der Waals surface area contributed by atoms with Gasteiger partial charge in [-0.15, -0.1) is 0 Å². The lowest BCUT2D eigenvalue weighted by Gasteiger charge is -2.37. The molecule has 0 atom stereocenters. The minimum atomic E-state index is -0.279. The second kappa shape index (κ2) is 11.6. The van der Waals surface area contributed by atoms with Gasteiger partial charge in [-0.1, -0.05) is 41.4 Å². The summed E-state index contributed by atoms with van der Waals surface area (Å²) < 4.78 is 7.48. The van der Waals surface area contributed by atoms with Gasteiger partial charge in [0.05, 0.1) is 15.8 Å². The monoisotopic (exact) mass is 599 g/mol. The molecule has 0 aliphatic carbocycles. The maximum Gasteiger partial charge on any atom is 0.262 e. The van der Waals surface area contributed by atoms with Crippen LogP contribution in [-0.2, 0) is 9.59 Å². The van der Waals surface area contributed by atoms with Crippen LogP contribution in [0.1, 0.15) is 25.8 Å². The second-order valence-corrected chi connectivity index (χ2v) is 10.7. The van der Waals surface area contributed by atoms with E-state index in [2.05, 4.69) is 55.9 Å². The van der Waals surface area contributed by atoms with E-state index in [0.29, 0.717) is 55.0 Å². The van der Waals surface area contributed by atoms with Gasteiger partial charge in [-0.05, 0) is 64.7 Å². The lowest BCUT2D eigenvalue weighted by atomic mass is 10.1. The number of aryl methyl sites for hydroxylation is 1. The third-order valence-electron chi connectivity index (χ3n) is 5.33. The van der Waals surface area contributed by atoms with E-state index in [9.17, 15) is 9.59 Å². The minimum Gasteiger partial charge on any atom is -0.482 e. The van der Waals surface area contributed by atoms with Crippen LogP contribution in [-0.4, -0.2) is 49.5 Å². The number of carbonyl (C=O) groups is 2. The van der Waals surface area contributed by atoms with Crippen molar-refractivity contribution in [1.29, 1.82) is 0 Å². The van der Waals surface area contributed by atoms with Crippen molar-refractivity contribution in [3.05, 3.63) is 49.9 Å². The summed E-state index contributed by atoms with van der Waals surface area (Å²) in [5, 5.41) is 3.47. The Hall–Kier alpha value is -1.77. The average molecular weight is 602 g/mol. The van der Waals surface area contributed by atoms with Gasteiger partial charge >= 0.3 is 0 Å². The van der Waals surface area contributed by atoms with Gasteiger partial charge in [0, 0.05) is 42.1 Å². The summed E-state index contributed by atoms with van der Waals surface area (Å²) in [7, 11) is 0. The first kappa shape index (κ1) is 25.8. The summed E-state index contributed by atoms with van der Waals surface area (Å²) in [5.41, 5.74) is 2.42. The van der Waals surface area contributed by atoms with Crippen LogP contribution in [0.25, 0.3) is 0 Å². The van der Waals surface area contributed by atoms with Crippen molar-refractivity contribution >= 4 is 66.6 Å². The third kappa shape index (κ3) is 7.11. The molecular weight excluding hydrogens is 574 g/mol. The number of rotatable bonds is 7. The second-order valence-electron chi connectivity index (χ2n) is 8.50. The molecule has 2 amide bonds. The number of nitrogens with one attached hydrogen (secondary N) is 1. The van der Waals surface area contributed by atoms with Gasteiger partial charge < -0.3 is 19.9 Å². The van der Waals surface area contributed by atoms with Gasteiger partial charge in [0.15, 0.2) is 6.61 Å². The highest BCUT2D eigenvalue weighted by molar-refractivity contribution is 9.11. The molecular formula is C24H28Br2ClN3O3. The normalized spacial score (nSPS) is 13.9. The van der Waals surface area contributed by atoms with Crippen LogP contribution in [0.15, 0.2) is 39.3 Å². The number of piperazine rings is 1. The molecule has 0 unspecified atom stereocenters. The van der Waals surface area contributed by atoms with E-state index in [0.717, 1.165) is 20.2 Å². The zero-order chi connectivity index (χ0) is 24.1. The van der Waals surface area contributed by atoms with E-state index in [1.807, 2.05) is 36.1 Å². The topological polar surface area (TPSA) is 61.9 Å². The van der Waals surface area contributed by atoms with Gasteiger partial charge in [-0.2, -0.15) is 0 Å². The van der Waals surface area contributed by atoms with E-state index in [4.69, 9.17) is 16.3 Å². The summed E-state index contributed by atoms with van der Waals surface area (Å²) >= 11 is 13.1. The first-order chi connectivity index (χ1) is 15.6. The van der Waals surface area contributed by atoms with E-state index >= 15 is 0 Å². The Balaban J connectivity index is 1.64. The molecule has 1 N–H and O–H groups in total. The highest BCUT2D eigenvalue weighted by Gasteiger charge is 2.23. The van der Waals surface area contributed by atoms with Crippen molar-refractivity contribution in [2.75, 3.05) is 43.0 Å². The van der Waals surface area contributed by atoms with Crippen molar-refractivity contribution in [3.63, 3.8) is 0 Å². The summed E-state index contributed by atoms with van der Waals surface area (Å²) in [5.74, 6) is 0.888. The van der Waals surface area contributed by atoms with Crippen LogP contribution >= 0.6 is 43.5 Å². The molecule has 1 saturated heterocycles. The van der Waals surface area contributed by atoms with E-state index in [1.54, 1.807) is 6.07 Å². The predicted molar refractivity (Wildman–Crippen MR) is 140 cm³/mol. The fourth-order valence-corrected chi connectivity index (χ4v) is 5.48. The number of benzene rings is 2.